The van der Waals surface area contributed by atoms with Crippen LogP contribution in [0.1, 0.15) is 19.8 Å². The molecule has 11 heavy (non-hydrogen) atoms. The maximum atomic E-state index is 10.4. The van der Waals surface area contributed by atoms with Crippen LogP contribution in [0.5, 0.6) is 0 Å². The molecule has 0 radical (unpaired) electrons. The van der Waals surface area contributed by atoms with Crippen LogP contribution < -0.4 is 4.72 Å². The Morgan fingerprint density at radius 3 is 2.64 bits per heavy atom. The fraction of sp³-hybridized carbons (Fsp3) is 0.800. The van der Waals surface area contributed by atoms with Crippen LogP contribution in [-0.4, -0.2) is 21.1 Å². The first-order valence-electron chi connectivity index (χ1n) is 3.24. The number of amides is 1. The lowest BCUT2D eigenvalue weighted by atomic mass is 10.4. The van der Waals surface area contributed by atoms with Gasteiger partial charge in [0.1, 0.15) is 0 Å². The summed E-state index contributed by atoms with van der Waals surface area (Å²) < 4.78 is 25.8. The fourth-order valence-electron chi connectivity index (χ4n) is 0.416. The molecule has 66 valence electrons. The Balaban J connectivity index is 3.37. The number of hydrogen-bond acceptors (Lipinski definition) is 4. The second kappa shape index (κ2) is 5.96. The standard InChI is InChI=1S/C5H11NO4S/c1-2-3-4-10-5(7)6-11(8)9/h11H,2-4H2,1H3,(H,6,7,8,9). The average Bonchev–Trinajstić information content (AvgIpc) is 1.86. The van der Waals surface area contributed by atoms with E-state index in [1.54, 1.807) is 4.72 Å². The van der Waals surface area contributed by atoms with E-state index in [1.165, 1.54) is 0 Å². The van der Waals surface area contributed by atoms with Crippen LogP contribution in [0.4, 0.5) is 4.79 Å². The molecule has 0 atom stereocenters. The Hall–Kier alpha value is -0.780. The summed E-state index contributed by atoms with van der Waals surface area (Å²) in [6.07, 6.45) is 0.731. The molecule has 1 N–H and O–H groups in total. The highest BCUT2D eigenvalue weighted by molar-refractivity contribution is 7.70. The SMILES string of the molecule is CCCCOC(=O)N[SH](=O)=O. The van der Waals surface area contributed by atoms with Gasteiger partial charge in [-0.2, -0.15) is 0 Å². The lowest BCUT2D eigenvalue weighted by molar-refractivity contribution is 0.151. The number of hydrogen-bond donors (Lipinski definition) is 2. The first kappa shape index (κ1) is 10.2. The molecule has 0 heterocycles. The quantitative estimate of drug-likeness (QED) is 0.474. The Kier molecular flexibility index (Phi) is 5.54. The summed E-state index contributed by atoms with van der Waals surface area (Å²) in [4.78, 5) is 10.4. The van der Waals surface area contributed by atoms with Gasteiger partial charge in [0.05, 0.1) is 6.61 Å². The number of rotatable bonds is 4. The van der Waals surface area contributed by atoms with E-state index in [0.29, 0.717) is 0 Å². The van der Waals surface area contributed by atoms with Crippen LogP contribution in [-0.2, 0) is 15.6 Å². The molecule has 0 unspecified atom stereocenters. The van der Waals surface area contributed by atoms with Crippen molar-refractivity contribution < 1.29 is 17.9 Å². The van der Waals surface area contributed by atoms with E-state index in [9.17, 15) is 13.2 Å². The number of unbranched alkanes of at least 4 members (excludes halogenated alkanes) is 1. The van der Waals surface area contributed by atoms with E-state index < -0.39 is 17.0 Å². The summed E-state index contributed by atoms with van der Waals surface area (Å²) >= 11 is 0. The predicted molar refractivity (Wildman–Crippen MR) is 39.7 cm³/mol. The maximum Gasteiger partial charge on any atom is 0.420 e. The lowest BCUT2D eigenvalue weighted by Crippen LogP contribution is -2.22. The molecule has 0 aliphatic heterocycles. The van der Waals surface area contributed by atoms with Gasteiger partial charge in [-0.3, -0.25) is 0 Å². The van der Waals surface area contributed by atoms with Crippen LogP contribution in [0.2, 0.25) is 0 Å². The monoisotopic (exact) mass is 181 g/mol. The molecule has 0 bridgehead atoms. The second-order valence-electron chi connectivity index (χ2n) is 1.86. The third-order valence-corrected chi connectivity index (χ3v) is 1.28. The molecule has 0 saturated carbocycles. The van der Waals surface area contributed by atoms with Gasteiger partial charge in [0.15, 0.2) is 0 Å². The number of thiol groups is 1. The van der Waals surface area contributed by atoms with E-state index in [2.05, 4.69) is 4.74 Å². The van der Waals surface area contributed by atoms with Crippen molar-refractivity contribution in [2.24, 2.45) is 0 Å². The molecule has 0 aromatic heterocycles. The topological polar surface area (TPSA) is 72.5 Å². The highest BCUT2D eigenvalue weighted by Crippen LogP contribution is 1.87. The van der Waals surface area contributed by atoms with Crippen LogP contribution in [0.25, 0.3) is 0 Å². The van der Waals surface area contributed by atoms with Crippen molar-refractivity contribution in [3.8, 4) is 0 Å². The van der Waals surface area contributed by atoms with E-state index in [4.69, 9.17) is 0 Å². The zero-order valence-electron chi connectivity index (χ0n) is 6.20. The van der Waals surface area contributed by atoms with Gasteiger partial charge in [-0.1, -0.05) is 13.3 Å². The minimum atomic E-state index is -2.89. The normalized spacial score (nSPS) is 9.64. The molecule has 0 spiro atoms. The molecule has 0 rings (SSSR count). The smallest absolute Gasteiger partial charge is 0.420 e. The molecule has 0 aliphatic carbocycles. The molecule has 1 amide bonds. The van der Waals surface area contributed by atoms with Crippen molar-refractivity contribution in [2.45, 2.75) is 19.8 Å². The highest BCUT2D eigenvalue weighted by Gasteiger charge is 1.99. The van der Waals surface area contributed by atoms with Gasteiger partial charge < -0.3 is 4.74 Å². The predicted octanol–water partition coefficient (Wildman–Crippen LogP) is 0.0391. The van der Waals surface area contributed by atoms with E-state index >= 15 is 0 Å². The second-order valence-corrected chi connectivity index (χ2v) is 2.60. The highest BCUT2D eigenvalue weighted by atomic mass is 32.2. The number of ether oxygens (including phenoxy) is 1. The fourth-order valence-corrected chi connectivity index (χ4v) is 0.630. The van der Waals surface area contributed by atoms with Crippen LogP contribution in [0.3, 0.4) is 0 Å². The van der Waals surface area contributed by atoms with Crippen molar-refractivity contribution in [1.29, 1.82) is 0 Å². The van der Waals surface area contributed by atoms with E-state index in [0.717, 1.165) is 12.8 Å². The van der Waals surface area contributed by atoms with Crippen LogP contribution in [0.15, 0.2) is 0 Å². The molecular weight excluding hydrogens is 170 g/mol. The number of carbonyl (C=O) groups is 1. The third-order valence-electron chi connectivity index (χ3n) is 0.914. The Morgan fingerprint density at radius 1 is 1.55 bits per heavy atom. The van der Waals surface area contributed by atoms with Gasteiger partial charge in [0.25, 0.3) is 0 Å². The minimum Gasteiger partial charge on any atom is -0.449 e. The van der Waals surface area contributed by atoms with Gasteiger partial charge in [-0.05, 0) is 6.42 Å². The molecule has 6 heteroatoms. The molecular formula is C5H11NO4S. The van der Waals surface area contributed by atoms with Crippen molar-refractivity contribution in [2.75, 3.05) is 6.61 Å². The summed E-state index contributed by atoms with van der Waals surface area (Å²) in [7, 11) is -2.89. The minimum absolute atomic E-state index is 0.255. The Morgan fingerprint density at radius 2 is 2.18 bits per heavy atom. The summed E-state index contributed by atoms with van der Waals surface area (Å²) in [6.45, 7) is 2.20. The summed E-state index contributed by atoms with van der Waals surface area (Å²) in [5.41, 5.74) is 0. The summed E-state index contributed by atoms with van der Waals surface area (Å²) in [5.74, 6) is 0. The molecule has 0 saturated heterocycles. The summed E-state index contributed by atoms with van der Waals surface area (Å²) in [6, 6.07) is 0. The molecule has 0 aromatic rings. The summed E-state index contributed by atoms with van der Waals surface area (Å²) in [5, 5.41) is 0. The largest absolute Gasteiger partial charge is 0.449 e. The number of carbonyl (C=O) groups excluding carboxylic acids is 1. The van der Waals surface area contributed by atoms with Gasteiger partial charge in [-0.25, -0.2) is 17.9 Å². The van der Waals surface area contributed by atoms with Crippen molar-refractivity contribution >= 4 is 17.0 Å². The van der Waals surface area contributed by atoms with Gasteiger partial charge in [0.2, 0.25) is 10.9 Å². The maximum absolute atomic E-state index is 10.4. The van der Waals surface area contributed by atoms with Crippen LogP contribution in [0, 0.1) is 0 Å². The molecule has 0 aliphatic rings. The van der Waals surface area contributed by atoms with Crippen LogP contribution >= 0.6 is 0 Å². The molecule has 0 fully saturated rings. The van der Waals surface area contributed by atoms with Gasteiger partial charge >= 0.3 is 6.09 Å². The molecule has 0 aromatic carbocycles. The van der Waals surface area contributed by atoms with Gasteiger partial charge in [-0.15, -0.1) is 0 Å². The zero-order valence-corrected chi connectivity index (χ0v) is 7.10. The van der Waals surface area contributed by atoms with Crippen molar-refractivity contribution in [1.82, 2.24) is 4.72 Å². The van der Waals surface area contributed by atoms with Crippen molar-refractivity contribution in [3.05, 3.63) is 0 Å². The average molecular weight is 181 g/mol. The molecule has 5 nitrogen and oxygen atoms in total. The van der Waals surface area contributed by atoms with Gasteiger partial charge in [0, 0.05) is 0 Å². The van der Waals surface area contributed by atoms with E-state index in [-0.39, 0.29) is 6.61 Å². The first-order chi connectivity index (χ1) is 5.16. The third kappa shape index (κ3) is 7.11. The van der Waals surface area contributed by atoms with Crippen molar-refractivity contribution in [3.63, 3.8) is 0 Å². The Bertz CT molecular complexity index is 181. The number of nitrogens with one attached hydrogen (secondary N) is 1. The first-order valence-corrected chi connectivity index (χ1v) is 4.42. The zero-order chi connectivity index (χ0) is 8.69. The Labute approximate surface area is 66.8 Å². The van der Waals surface area contributed by atoms with E-state index in [1.807, 2.05) is 6.92 Å². The lowest BCUT2D eigenvalue weighted by Gasteiger charge is -1.99.